The summed E-state index contributed by atoms with van der Waals surface area (Å²) in [4.78, 5) is 40.0. The van der Waals surface area contributed by atoms with E-state index in [9.17, 15) is 19.5 Å². The molecule has 1 aromatic rings. The Morgan fingerprint density at radius 2 is 1.61 bits per heavy atom. The van der Waals surface area contributed by atoms with E-state index in [2.05, 4.69) is 0 Å². The zero-order valence-corrected chi connectivity index (χ0v) is 16.1. The number of nitrogens with zero attached hydrogens (tertiary/aromatic N) is 2. The Morgan fingerprint density at radius 3 is 2.32 bits per heavy atom. The number of carbonyl (C=O) groups is 3. The first-order valence-electron chi connectivity index (χ1n) is 10.0. The number of carboxylic acid groups (broad SMARTS) is 1. The summed E-state index contributed by atoms with van der Waals surface area (Å²) in [7, 11) is 0. The summed E-state index contributed by atoms with van der Waals surface area (Å²) in [5.41, 5.74) is 0. The van der Waals surface area contributed by atoms with Crippen LogP contribution in [0.2, 0.25) is 0 Å². The van der Waals surface area contributed by atoms with Gasteiger partial charge in [-0.05, 0) is 37.8 Å². The lowest BCUT2D eigenvalue weighted by molar-refractivity contribution is -0.147. The van der Waals surface area contributed by atoms with Crippen LogP contribution in [0.5, 0.6) is 5.75 Å². The second kappa shape index (κ2) is 9.57. The molecule has 1 aromatic carbocycles. The molecule has 0 aliphatic carbocycles. The first kappa shape index (κ1) is 20.2. The summed E-state index contributed by atoms with van der Waals surface area (Å²) in [5.74, 6) is -0.828. The predicted octanol–water partition coefficient (Wildman–Crippen LogP) is 2.02. The number of hydrogen-bond acceptors (Lipinski definition) is 4. The third kappa shape index (κ3) is 5.24. The average molecular weight is 388 g/mol. The van der Waals surface area contributed by atoms with Crippen LogP contribution in [0.15, 0.2) is 30.3 Å². The summed E-state index contributed by atoms with van der Waals surface area (Å²) in [6, 6.07) is 9.37. The highest BCUT2D eigenvalue weighted by atomic mass is 16.5. The van der Waals surface area contributed by atoms with Crippen LogP contribution < -0.4 is 4.74 Å². The van der Waals surface area contributed by atoms with Gasteiger partial charge in [-0.25, -0.2) is 0 Å². The molecule has 2 amide bonds. The predicted molar refractivity (Wildman–Crippen MR) is 103 cm³/mol. The topological polar surface area (TPSA) is 87.2 Å². The number of para-hydroxylation sites is 1. The molecule has 0 radical (unpaired) electrons. The first-order valence-corrected chi connectivity index (χ1v) is 10.0. The fourth-order valence-corrected chi connectivity index (χ4v) is 3.97. The maximum absolute atomic E-state index is 12.9. The van der Waals surface area contributed by atoms with Gasteiger partial charge in [0.25, 0.3) is 0 Å². The lowest BCUT2D eigenvalue weighted by Gasteiger charge is -2.37. The van der Waals surface area contributed by atoms with Crippen LogP contribution in [-0.2, 0) is 14.4 Å². The van der Waals surface area contributed by atoms with Crippen LogP contribution in [0.1, 0.15) is 32.1 Å². The van der Waals surface area contributed by atoms with Crippen LogP contribution in [0.4, 0.5) is 0 Å². The highest BCUT2D eigenvalue weighted by Gasteiger charge is 2.34. The molecule has 7 nitrogen and oxygen atoms in total. The quantitative estimate of drug-likeness (QED) is 0.806. The zero-order chi connectivity index (χ0) is 19.9. The Balaban J connectivity index is 1.48. The van der Waals surface area contributed by atoms with E-state index in [0.29, 0.717) is 32.7 Å². The van der Waals surface area contributed by atoms with Crippen LogP contribution in [0, 0.1) is 11.8 Å². The highest BCUT2D eigenvalue weighted by molar-refractivity contribution is 5.82. The van der Waals surface area contributed by atoms with E-state index in [1.165, 1.54) is 0 Å². The molecular weight excluding hydrogens is 360 g/mol. The van der Waals surface area contributed by atoms with E-state index >= 15 is 0 Å². The van der Waals surface area contributed by atoms with Crippen molar-refractivity contribution in [2.45, 2.75) is 32.1 Å². The van der Waals surface area contributed by atoms with Gasteiger partial charge < -0.3 is 19.6 Å². The van der Waals surface area contributed by atoms with Crippen LogP contribution in [0.25, 0.3) is 0 Å². The minimum Gasteiger partial charge on any atom is -0.493 e. The summed E-state index contributed by atoms with van der Waals surface area (Å²) in [6.45, 7) is 2.27. The number of benzene rings is 1. The molecule has 0 saturated carbocycles. The molecular formula is C21H28N2O5. The van der Waals surface area contributed by atoms with E-state index in [1.807, 2.05) is 30.3 Å². The molecule has 2 aliphatic rings. The third-order valence-electron chi connectivity index (χ3n) is 5.53. The van der Waals surface area contributed by atoms with Crippen molar-refractivity contribution in [1.29, 1.82) is 0 Å². The molecule has 152 valence electrons. The van der Waals surface area contributed by atoms with E-state index in [4.69, 9.17) is 4.74 Å². The second-order valence-electron chi connectivity index (χ2n) is 7.55. The van der Waals surface area contributed by atoms with Crippen molar-refractivity contribution in [3.63, 3.8) is 0 Å². The summed E-state index contributed by atoms with van der Waals surface area (Å²) < 4.78 is 5.59. The summed E-state index contributed by atoms with van der Waals surface area (Å²) >= 11 is 0. The fourth-order valence-electron chi connectivity index (χ4n) is 3.97. The molecule has 2 aliphatic heterocycles. The molecule has 1 N–H and O–H groups in total. The Hall–Kier alpha value is -2.57. The van der Waals surface area contributed by atoms with E-state index in [0.717, 1.165) is 25.0 Å². The number of likely N-dealkylation sites (tertiary alicyclic amines) is 2. The number of carbonyl (C=O) groups excluding carboxylic acids is 2. The van der Waals surface area contributed by atoms with Gasteiger partial charge in [0.1, 0.15) is 5.75 Å². The first-order chi connectivity index (χ1) is 13.5. The van der Waals surface area contributed by atoms with Crippen molar-refractivity contribution >= 4 is 17.8 Å². The monoisotopic (exact) mass is 388 g/mol. The normalized spacial score (nSPS) is 22.6. The van der Waals surface area contributed by atoms with Gasteiger partial charge in [-0.1, -0.05) is 18.2 Å². The third-order valence-corrected chi connectivity index (χ3v) is 5.53. The van der Waals surface area contributed by atoms with Crippen LogP contribution in [0.3, 0.4) is 0 Å². The van der Waals surface area contributed by atoms with E-state index in [1.54, 1.807) is 9.80 Å². The number of ether oxygens (including phenoxy) is 1. The molecule has 3 rings (SSSR count). The molecule has 0 aromatic heterocycles. The number of hydrogen-bond donors (Lipinski definition) is 1. The van der Waals surface area contributed by atoms with Crippen molar-refractivity contribution in [1.82, 2.24) is 9.80 Å². The average Bonchev–Trinajstić information content (AvgIpc) is 2.74. The molecule has 2 heterocycles. The molecule has 2 atom stereocenters. The van der Waals surface area contributed by atoms with Gasteiger partial charge in [-0.3, -0.25) is 14.4 Å². The van der Waals surface area contributed by atoms with Gasteiger partial charge >= 0.3 is 5.97 Å². The van der Waals surface area contributed by atoms with Gasteiger partial charge in [0.2, 0.25) is 11.8 Å². The Bertz CT molecular complexity index is 693. The number of rotatable bonds is 6. The lowest BCUT2D eigenvalue weighted by Crippen LogP contribution is -2.50. The van der Waals surface area contributed by atoms with Gasteiger partial charge in [0.15, 0.2) is 0 Å². The molecule has 2 unspecified atom stereocenters. The summed E-state index contributed by atoms with van der Waals surface area (Å²) in [6.07, 6.45) is 3.15. The van der Waals surface area contributed by atoms with Crippen molar-refractivity contribution < 1.29 is 24.2 Å². The number of piperidine rings is 2. The Morgan fingerprint density at radius 1 is 0.964 bits per heavy atom. The molecule has 7 heteroatoms. The number of aliphatic carboxylic acids is 1. The van der Waals surface area contributed by atoms with Crippen LogP contribution in [-0.4, -0.2) is 65.5 Å². The van der Waals surface area contributed by atoms with Crippen LogP contribution >= 0.6 is 0 Å². The van der Waals surface area contributed by atoms with Gasteiger partial charge in [0.05, 0.1) is 24.9 Å². The second-order valence-corrected chi connectivity index (χ2v) is 7.55. The largest absolute Gasteiger partial charge is 0.493 e. The van der Waals surface area contributed by atoms with E-state index < -0.39 is 11.9 Å². The van der Waals surface area contributed by atoms with Crippen molar-refractivity contribution in [2.24, 2.45) is 11.8 Å². The lowest BCUT2D eigenvalue weighted by atomic mass is 9.93. The smallest absolute Gasteiger partial charge is 0.308 e. The summed E-state index contributed by atoms with van der Waals surface area (Å²) in [5, 5.41) is 9.23. The zero-order valence-electron chi connectivity index (χ0n) is 16.1. The molecule has 2 fully saturated rings. The minimum absolute atomic E-state index is 0.00418. The molecule has 28 heavy (non-hydrogen) atoms. The van der Waals surface area contributed by atoms with Gasteiger partial charge in [0, 0.05) is 26.2 Å². The maximum Gasteiger partial charge on any atom is 0.308 e. The Kier molecular flexibility index (Phi) is 6.90. The maximum atomic E-state index is 12.9. The number of carboxylic acids is 1. The molecule has 2 saturated heterocycles. The molecule has 0 spiro atoms. The number of amides is 2. The van der Waals surface area contributed by atoms with Crippen molar-refractivity contribution in [3.05, 3.63) is 30.3 Å². The van der Waals surface area contributed by atoms with Crippen molar-refractivity contribution in [2.75, 3.05) is 32.8 Å². The molecule has 0 bridgehead atoms. The standard InChI is InChI=1S/C21H28N2O5/c24-19(10-13-28-18-8-2-1-3-9-18)22-11-4-6-16(14-22)20(25)23-12-5-7-17(15-23)21(26)27/h1-3,8-9,16-17H,4-7,10-15H2,(H,26,27). The minimum atomic E-state index is -0.837. The van der Waals surface area contributed by atoms with Gasteiger partial charge in [-0.15, -0.1) is 0 Å². The highest BCUT2D eigenvalue weighted by Crippen LogP contribution is 2.24. The van der Waals surface area contributed by atoms with Crippen molar-refractivity contribution in [3.8, 4) is 5.75 Å². The van der Waals surface area contributed by atoms with E-state index in [-0.39, 0.29) is 30.7 Å². The fraction of sp³-hybridized carbons (Fsp3) is 0.571. The van der Waals surface area contributed by atoms with Gasteiger partial charge in [-0.2, -0.15) is 0 Å². The SMILES string of the molecule is O=C(O)C1CCCN(C(=O)C2CCCN(C(=O)CCOc3ccccc3)C2)C1. The Labute approximate surface area is 165 Å².